The van der Waals surface area contributed by atoms with Crippen molar-refractivity contribution in [1.29, 1.82) is 5.26 Å². The molecule has 1 saturated heterocycles. The second-order valence-corrected chi connectivity index (χ2v) is 4.93. The molecule has 96 valence electrons. The molecule has 0 amide bonds. The molecule has 3 nitrogen and oxygen atoms in total. The average molecular weight is 270 g/mol. The van der Waals surface area contributed by atoms with Crippen LogP contribution in [-0.2, 0) is 4.74 Å². The molecule has 0 aliphatic carbocycles. The lowest BCUT2D eigenvalue weighted by Gasteiger charge is -2.35. The zero-order chi connectivity index (χ0) is 13.2. The predicted molar refractivity (Wildman–Crippen MR) is 64.5 cm³/mol. The van der Waals surface area contributed by atoms with Gasteiger partial charge < -0.3 is 9.84 Å². The molecule has 0 bridgehead atoms. The molecule has 0 spiro atoms. The van der Waals surface area contributed by atoms with E-state index in [1.807, 2.05) is 0 Å². The monoisotopic (exact) mass is 269 g/mol. The van der Waals surface area contributed by atoms with Gasteiger partial charge in [0.1, 0.15) is 17.3 Å². The van der Waals surface area contributed by atoms with E-state index in [4.69, 9.17) is 16.3 Å². The van der Waals surface area contributed by atoms with Gasteiger partial charge in [-0.25, -0.2) is 4.39 Å². The molecule has 5 heteroatoms. The minimum Gasteiger partial charge on any atom is -0.387 e. The van der Waals surface area contributed by atoms with Crippen LogP contribution in [0.1, 0.15) is 24.5 Å². The molecule has 1 aromatic carbocycles. The highest BCUT2D eigenvalue weighted by molar-refractivity contribution is 6.30. The van der Waals surface area contributed by atoms with Crippen LogP contribution in [0.25, 0.3) is 0 Å². The third kappa shape index (κ3) is 2.35. The Labute approximate surface area is 110 Å². The number of aliphatic hydroxyl groups is 1. The summed E-state index contributed by atoms with van der Waals surface area (Å²) in [5.74, 6) is -0.602. The molecular formula is C13H13ClFNO2. The summed E-state index contributed by atoms with van der Waals surface area (Å²) in [6, 6.07) is 6.13. The third-order valence-corrected chi connectivity index (χ3v) is 3.51. The summed E-state index contributed by atoms with van der Waals surface area (Å²) in [5.41, 5.74) is -0.987. The average Bonchev–Trinajstić information content (AvgIpc) is 2.39. The minimum absolute atomic E-state index is 0.0893. The number of rotatable bonds is 2. The molecule has 1 aliphatic heterocycles. The van der Waals surface area contributed by atoms with Crippen molar-refractivity contribution in [3.8, 4) is 6.07 Å². The zero-order valence-corrected chi connectivity index (χ0v) is 10.5. The van der Waals surface area contributed by atoms with E-state index in [0.29, 0.717) is 19.4 Å². The van der Waals surface area contributed by atoms with Crippen LogP contribution in [0.5, 0.6) is 0 Å². The Balaban J connectivity index is 2.34. The Morgan fingerprint density at radius 1 is 1.56 bits per heavy atom. The normalized spacial score (nSPS) is 25.4. The molecule has 2 unspecified atom stereocenters. The maximum atomic E-state index is 13.8. The molecular weight excluding hydrogens is 257 g/mol. The number of hydrogen-bond donors (Lipinski definition) is 1. The number of aliphatic hydroxyl groups excluding tert-OH is 1. The molecule has 18 heavy (non-hydrogen) atoms. The van der Waals surface area contributed by atoms with Crippen molar-refractivity contribution < 1.29 is 14.2 Å². The first-order valence-corrected chi connectivity index (χ1v) is 6.09. The second-order valence-electron chi connectivity index (χ2n) is 4.49. The number of halogens is 2. The lowest BCUT2D eigenvalue weighted by molar-refractivity contribution is -0.0517. The van der Waals surface area contributed by atoms with Crippen LogP contribution in [0, 0.1) is 22.6 Å². The van der Waals surface area contributed by atoms with Crippen molar-refractivity contribution in [2.45, 2.75) is 18.9 Å². The fourth-order valence-corrected chi connectivity index (χ4v) is 2.36. The summed E-state index contributed by atoms with van der Waals surface area (Å²) in [7, 11) is 0. The number of benzene rings is 1. The Hall–Kier alpha value is -1.15. The van der Waals surface area contributed by atoms with Gasteiger partial charge in [-0.3, -0.25) is 0 Å². The summed E-state index contributed by atoms with van der Waals surface area (Å²) >= 11 is 5.66. The quantitative estimate of drug-likeness (QED) is 0.898. The summed E-state index contributed by atoms with van der Waals surface area (Å²) < 4.78 is 19.0. The van der Waals surface area contributed by atoms with E-state index in [1.165, 1.54) is 12.1 Å². The zero-order valence-electron chi connectivity index (χ0n) is 9.70. The van der Waals surface area contributed by atoms with Gasteiger partial charge in [0.25, 0.3) is 0 Å². The van der Waals surface area contributed by atoms with Crippen LogP contribution in [0.15, 0.2) is 18.2 Å². The van der Waals surface area contributed by atoms with E-state index in [9.17, 15) is 14.8 Å². The van der Waals surface area contributed by atoms with E-state index < -0.39 is 17.3 Å². The fraction of sp³-hybridized carbons (Fsp3) is 0.462. The van der Waals surface area contributed by atoms with E-state index in [0.717, 1.165) is 6.07 Å². The minimum atomic E-state index is -1.21. The number of ether oxygens (including phenoxy) is 1. The van der Waals surface area contributed by atoms with Gasteiger partial charge in [-0.15, -0.1) is 0 Å². The van der Waals surface area contributed by atoms with Crippen LogP contribution in [0.4, 0.5) is 4.39 Å². The number of nitrogens with zero attached hydrogens (tertiary/aromatic N) is 1. The largest absolute Gasteiger partial charge is 0.387 e. The highest BCUT2D eigenvalue weighted by Gasteiger charge is 2.42. The van der Waals surface area contributed by atoms with Crippen LogP contribution in [-0.4, -0.2) is 18.3 Å². The van der Waals surface area contributed by atoms with Crippen LogP contribution in [0.3, 0.4) is 0 Å². The van der Waals surface area contributed by atoms with Crippen LogP contribution in [0.2, 0.25) is 5.02 Å². The molecule has 0 aromatic heterocycles. The summed E-state index contributed by atoms with van der Waals surface area (Å²) in [5, 5.41) is 19.8. The SMILES string of the molecule is N#CC1(C(O)c2ccc(Cl)cc2F)CCCOC1. The van der Waals surface area contributed by atoms with Crippen molar-refractivity contribution in [2.24, 2.45) is 5.41 Å². The van der Waals surface area contributed by atoms with Crippen molar-refractivity contribution >= 4 is 11.6 Å². The molecule has 1 aliphatic rings. The van der Waals surface area contributed by atoms with Gasteiger partial charge in [0.2, 0.25) is 0 Å². The highest BCUT2D eigenvalue weighted by Crippen LogP contribution is 2.41. The number of nitriles is 1. The first-order chi connectivity index (χ1) is 8.59. The Bertz CT molecular complexity index is 480. The summed E-state index contributed by atoms with van der Waals surface area (Å²) in [6.45, 7) is 0.686. The maximum absolute atomic E-state index is 13.8. The standard InChI is InChI=1S/C13H13ClFNO2/c14-9-2-3-10(11(15)6-9)12(17)13(7-16)4-1-5-18-8-13/h2-3,6,12,17H,1,4-5,8H2. The second kappa shape index (κ2) is 5.23. The smallest absolute Gasteiger partial charge is 0.130 e. The lowest BCUT2D eigenvalue weighted by atomic mass is 9.76. The van der Waals surface area contributed by atoms with Gasteiger partial charge in [0.15, 0.2) is 0 Å². The van der Waals surface area contributed by atoms with Gasteiger partial charge >= 0.3 is 0 Å². The van der Waals surface area contributed by atoms with E-state index >= 15 is 0 Å². The maximum Gasteiger partial charge on any atom is 0.130 e. The first-order valence-electron chi connectivity index (χ1n) is 5.71. The molecule has 0 saturated carbocycles. The van der Waals surface area contributed by atoms with Gasteiger partial charge in [0.05, 0.1) is 12.7 Å². The Morgan fingerprint density at radius 3 is 2.89 bits per heavy atom. The first kappa shape index (κ1) is 13.3. The van der Waals surface area contributed by atoms with Crippen LogP contribution >= 0.6 is 11.6 Å². The van der Waals surface area contributed by atoms with E-state index in [2.05, 4.69) is 6.07 Å². The molecule has 1 heterocycles. The summed E-state index contributed by atoms with van der Waals surface area (Å²) in [4.78, 5) is 0. The topological polar surface area (TPSA) is 53.2 Å². The molecule has 2 rings (SSSR count). The van der Waals surface area contributed by atoms with Crippen molar-refractivity contribution in [3.05, 3.63) is 34.6 Å². The van der Waals surface area contributed by atoms with Gasteiger partial charge in [-0.1, -0.05) is 17.7 Å². The van der Waals surface area contributed by atoms with Crippen LogP contribution < -0.4 is 0 Å². The fourth-order valence-electron chi connectivity index (χ4n) is 2.20. The Kier molecular flexibility index (Phi) is 3.86. The van der Waals surface area contributed by atoms with Gasteiger partial charge in [-0.2, -0.15) is 5.26 Å². The van der Waals surface area contributed by atoms with Crippen molar-refractivity contribution in [2.75, 3.05) is 13.2 Å². The van der Waals surface area contributed by atoms with Gasteiger partial charge in [-0.05, 0) is 25.0 Å². The molecule has 1 aromatic rings. The summed E-state index contributed by atoms with van der Waals surface area (Å²) in [6.07, 6.45) is -0.0351. The number of hydrogen-bond acceptors (Lipinski definition) is 3. The lowest BCUT2D eigenvalue weighted by Crippen LogP contribution is -2.36. The molecule has 1 N–H and O–H groups in total. The highest BCUT2D eigenvalue weighted by atomic mass is 35.5. The molecule has 1 fully saturated rings. The van der Waals surface area contributed by atoms with E-state index in [1.54, 1.807) is 0 Å². The Morgan fingerprint density at radius 2 is 2.33 bits per heavy atom. The molecule has 2 atom stereocenters. The predicted octanol–water partition coefficient (Wildman–Crippen LogP) is 2.83. The van der Waals surface area contributed by atoms with Crippen molar-refractivity contribution in [3.63, 3.8) is 0 Å². The van der Waals surface area contributed by atoms with Crippen molar-refractivity contribution in [1.82, 2.24) is 0 Å². The third-order valence-electron chi connectivity index (χ3n) is 3.27. The molecule has 0 radical (unpaired) electrons. The van der Waals surface area contributed by atoms with E-state index in [-0.39, 0.29) is 17.2 Å². The van der Waals surface area contributed by atoms with Gasteiger partial charge in [0, 0.05) is 17.2 Å².